The van der Waals surface area contributed by atoms with Gasteiger partial charge in [0.15, 0.2) is 0 Å². The fraction of sp³-hybridized carbons (Fsp3) is 0.500. The summed E-state index contributed by atoms with van der Waals surface area (Å²) in [6.45, 7) is 4.99. The summed E-state index contributed by atoms with van der Waals surface area (Å²) >= 11 is 0. The van der Waals surface area contributed by atoms with Gasteiger partial charge in [0.25, 0.3) is 0 Å². The zero-order chi connectivity index (χ0) is 22.6. The Balaban J connectivity index is 1.72. The minimum absolute atomic E-state index is 0.110. The van der Waals surface area contributed by atoms with Crippen LogP contribution in [0.5, 0.6) is 11.5 Å². The zero-order valence-corrected chi connectivity index (χ0v) is 19.0. The number of ether oxygens (including phenoxy) is 3. The first kappa shape index (κ1) is 23.0. The Hall–Kier alpha value is -2.63. The van der Waals surface area contributed by atoms with Crippen LogP contribution in [0, 0.1) is 13.8 Å². The lowest BCUT2D eigenvalue weighted by Crippen LogP contribution is -2.41. The van der Waals surface area contributed by atoms with E-state index in [4.69, 9.17) is 14.2 Å². The third-order valence-corrected chi connectivity index (χ3v) is 7.27. The first-order chi connectivity index (χ1) is 14.8. The summed E-state index contributed by atoms with van der Waals surface area (Å²) < 4.78 is 44.8. The van der Waals surface area contributed by atoms with Crippen molar-refractivity contribution in [2.75, 3.05) is 45.8 Å². The number of anilines is 1. The van der Waals surface area contributed by atoms with Crippen molar-refractivity contribution < 1.29 is 27.4 Å². The number of nitrogens with zero attached hydrogens (tertiary/aromatic N) is 3. The van der Waals surface area contributed by atoms with Crippen molar-refractivity contribution in [1.82, 2.24) is 14.1 Å². The summed E-state index contributed by atoms with van der Waals surface area (Å²) in [4.78, 5) is 12.7. The van der Waals surface area contributed by atoms with Gasteiger partial charge in [0.2, 0.25) is 15.9 Å². The quantitative estimate of drug-likeness (QED) is 0.647. The second-order valence-corrected chi connectivity index (χ2v) is 8.98. The molecule has 3 rings (SSSR count). The van der Waals surface area contributed by atoms with Crippen molar-refractivity contribution in [3.63, 3.8) is 0 Å². The van der Waals surface area contributed by atoms with Crippen molar-refractivity contribution >= 4 is 21.6 Å². The van der Waals surface area contributed by atoms with Gasteiger partial charge >= 0.3 is 0 Å². The highest BCUT2D eigenvalue weighted by atomic mass is 32.2. The summed E-state index contributed by atoms with van der Waals surface area (Å²) in [7, 11) is -0.609. The molecule has 0 saturated carbocycles. The minimum atomic E-state index is -3.67. The van der Waals surface area contributed by atoms with Gasteiger partial charge in [0.1, 0.15) is 16.4 Å². The number of hydrogen-bond donors (Lipinski definition) is 1. The number of rotatable bonds is 8. The Morgan fingerprint density at radius 2 is 1.90 bits per heavy atom. The minimum Gasteiger partial charge on any atom is -0.497 e. The molecule has 1 aromatic carbocycles. The Labute approximate surface area is 182 Å². The number of hydrogen-bond acceptors (Lipinski definition) is 7. The third kappa shape index (κ3) is 5.00. The normalized spacial score (nSPS) is 15.0. The maximum absolute atomic E-state index is 13.1. The van der Waals surface area contributed by atoms with E-state index in [0.717, 1.165) is 0 Å². The van der Waals surface area contributed by atoms with Crippen LogP contribution >= 0.6 is 0 Å². The van der Waals surface area contributed by atoms with Gasteiger partial charge < -0.3 is 19.5 Å². The molecule has 2 aromatic rings. The van der Waals surface area contributed by atoms with E-state index in [0.29, 0.717) is 54.9 Å². The largest absolute Gasteiger partial charge is 0.497 e. The van der Waals surface area contributed by atoms with Gasteiger partial charge in [-0.05, 0) is 26.0 Å². The second kappa shape index (κ2) is 9.67. The highest BCUT2D eigenvalue weighted by molar-refractivity contribution is 7.89. The number of benzene rings is 1. The van der Waals surface area contributed by atoms with Gasteiger partial charge in [-0.15, -0.1) is 0 Å². The van der Waals surface area contributed by atoms with E-state index >= 15 is 0 Å². The van der Waals surface area contributed by atoms with Crippen LogP contribution in [-0.4, -0.2) is 68.9 Å². The molecule has 0 atom stereocenters. The summed E-state index contributed by atoms with van der Waals surface area (Å²) in [5.74, 6) is 0.850. The molecule has 0 unspecified atom stereocenters. The predicted octanol–water partition coefficient (Wildman–Crippen LogP) is 1.57. The maximum atomic E-state index is 13.1. The molecule has 1 aliphatic heterocycles. The van der Waals surface area contributed by atoms with E-state index in [1.165, 1.54) is 11.4 Å². The first-order valence-electron chi connectivity index (χ1n) is 9.91. The molecular formula is C20H28N4O6S. The van der Waals surface area contributed by atoms with Gasteiger partial charge in [-0.1, -0.05) is 0 Å². The highest BCUT2D eigenvalue weighted by Crippen LogP contribution is 2.29. The van der Waals surface area contributed by atoms with Gasteiger partial charge in [-0.25, -0.2) is 8.42 Å². The molecule has 2 heterocycles. The molecule has 1 aromatic heterocycles. The number of aryl methyl sites for hydroxylation is 2. The van der Waals surface area contributed by atoms with Crippen LogP contribution < -0.4 is 14.8 Å². The fourth-order valence-electron chi connectivity index (χ4n) is 3.52. The van der Waals surface area contributed by atoms with Crippen LogP contribution in [0.1, 0.15) is 17.8 Å². The summed E-state index contributed by atoms with van der Waals surface area (Å²) in [5.41, 5.74) is 1.42. The number of methoxy groups -OCH3 is 2. The first-order valence-corrected chi connectivity index (χ1v) is 11.4. The van der Waals surface area contributed by atoms with E-state index in [9.17, 15) is 13.2 Å². The smallest absolute Gasteiger partial charge is 0.246 e. The molecule has 1 N–H and O–H groups in total. The van der Waals surface area contributed by atoms with Gasteiger partial charge in [0, 0.05) is 25.6 Å². The molecule has 170 valence electrons. The lowest BCUT2D eigenvalue weighted by molar-refractivity contribution is -0.116. The Kier molecular flexibility index (Phi) is 7.19. The van der Waals surface area contributed by atoms with Crippen LogP contribution in [0.15, 0.2) is 23.1 Å². The summed E-state index contributed by atoms with van der Waals surface area (Å²) in [5, 5.41) is 7.17. The monoisotopic (exact) mass is 452 g/mol. The van der Waals surface area contributed by atoms with Crippen LogP contribution in [-0.2, 0) is 26.1 Å². The molecule has 10 nitrogen and oxygen atoms in total. The summed E-state index contributed by atoms with van der Waals surface area (Å²) in [6.07, 6.45) is 0.110. The molecule has 0 aliphatic carbocycles. The van der Waals surface area contributed by atoms with Crippen LogP contribution in [0.4, 0.5) is 5.69 Å². The maximum Gasteiger partial charge on any atom is 0.246 e. The topological polar surface area (TPSA) is 112 Å². The van der Waals surface area contributed by atoms with E-state index in [2.05, 4.69) is 10.4 Å². The average Bonchev–Trinajstić information content (AvgIpc) is 3.06. The number of aromatic nitrogens is 2. The zero-order valence-electron chi connectivity index (χ0n) is 18.2. The van der Waals surface area contributed by atoms with Crippen LogP contribution in [0.3, 0.4) is 0 Å². The van der Waals surface area contributed by atoms with Gasteiger partial charge in [-0.3, -0.25) is 9.48 Å². The lowest BCUT2D eigenvalue weighted by Gasteiger charge is -2.26. The van der Waals surface area contributed by atoms with E-state index in [1.807, 2.05) is 0 Å². The Bertz CT molecular complexity index is 1040. The number of sulfonamides is 1. The van der Waals surface area contributed by atoms with Crippen LogP contribution in [0.2, 0.25) is 0 Å². The average molecular weight is 453 g/mol. The molecule has 0 bridgehead atoms. The van der Waals surface area contributed by atoms with Gasteiger partial charge in [-0.2, -0.15) is 9.40 Å². The standard InChI is InChI=1S/C20H28N4O6S/c1-14-20(31(26,27)23-9-11-30-12-10-23)15(2)24(22-14)8-7-19(25)21-17-13-16(28-3)5-6-18(17)29-4/h5-6,13H,7-12H2,1-4H3,(H,21,25). The summed E-state index contributed by atoms with van der Waals surface area (Å²) in [6, 6.07) is 5.12. The van der Waals surface area contributed by atoms with Crippen molar-refractivity contribution in [2.24, 2.45) is 0 Å². The fourth-order valence-corrected chi connectivity index (χ4v) is 5.30. The van der Waals surface area contributed by atoms with Crippen molar-refractivity contribution in [3.05, 3.63) is 29.6 Å². The molecule has 11 heteroatoms. The van der Waals surface area contributed by atoms with E-state index in [-0.39, 0.29) is 23.8 Å². The number of morpholine rings is 1. The molecular weight excluding hydrogens is 424 g/mol. The molecule has 1 saturated heterocycles. The Morgan fingerprint density at radius 3 is 2.55 bits per heavy atom. The highest BCUT2D eigenvalue weighted by Gasteiger charge is 2.32. The number of amides is 1. The van der Waals surface area contributed by atoms with E-state index < -0.39 is 10.0 Å². The molecule has 1 aliphatic rings. The molecule has 31 heavy (non-hydrogen) atoms. The number of nitrogens with one attached hydrogen (secondary N) is 1. The third-order valence-electron chi connectivity index (χ3n) is 5.11. The van der Waals surface area contributed by atoms with Crippen molar-refractivity contribution in [2.45, 2.75) is 31.7 Å². The van der Waals surface area contributed by atoms with Crippen molar-refractivity contribution in [1.29, 1.82) is 0 Å². The number of carbonyl (C=O) groups is 1. The van der Waals surface area contributed by atoms with E-state index in [1.54, 1.807) is 43.8 Å². The predicted molar refractivity (Wildman–Crippen MR) is 114 cm³/mol. The van der Waals surface area contributed by atoms with Crippen LogP contribution in [0.25, 0.3) is 0 Å². The molecule has 0 radical (unpaired) electrons. The second-order valence-electron chi connectivity index (χ2n) is 7.10. The SMILES string of the molecule is COc1ccc(OC)c(NC(=O)CCn2nc(C)c(S(=O)(=O)N3CCOCC3)c2C)c1. The molecule has 1 fully saturated rings. The van der Waals surface area contributed by atoms with Gasteiger partial charge in [0.05, 0.1) is 51.1 Å². The van der Waals surface area contributed by atoms with Crippen molar-refractivity contribution in [3.8, 4) is 11.5 Å². The number of carbonyl (C=O) groups excluding carboxylic acids is 1. The Morgan fingerprint density at radius 1 is 1.19 bits per heavy atom. The lowest BCUT2D eigenvalue weighted by atomic mass is 10.2. The molecule has 1 amide bonds. The molecule has 0 spiro atoms.